The van der Waals surface area contributed by atoms with Crippen LogP contribution in [0.15, 0.2) is 42.5 Å². The van der Waals surface area contributed by atoms with Gasteiger partial charge in [0.15, 0.2) is 11.5 Å². The molecule has 0 unspecified atom stereocenters. The summed E-state index contributed by atoms with van der Waals surface area (Å²) in [6.45, 7) is 0.288. The molecular weight excluding hydrogens is 298 g/mol. The van der Waals surface area contributed by atoms with Gasteiger partial charge in [-0.05, 0) is 35.9 Å². The number of carbonyl (C=O) groups is 2. The lowest BCUT2D eigenvalue weighted by atomic mass is 10.1. The largest absolute Gasteiger partial charge is 0.493 e. The third kappa shape index (κ3) is 4.00. The van der Waals surface area contributed by atoms with Gasteiger partial charge in [0, 0.05) is 12.1 Å². The lowest BCUT2D eigenvalue weighted by molar-refractivity contribution is 0.0697. The highest BCUT2D eigenvalue weighted by Gasteiger charge is 2.10. The van der Waals surface area contributed by atoms with Crippen molar-refractivity contribution >= 4 is 11.9 Å². The normalized spacial score (nSPS) is 10.0. The number of nitrogens with one attached hydrogen (secondary N) is 1. The second-order valence-electron chi connectivity index (χ2n) is 4.76. The Morgan fingerprint density at radius 3 is 2.35 bits per heavy atom. The fraction of sp³-hybridized carbons (Fsp3) is 0.176. The summed E-state index contributed by atoms with van der Waals surface area (Å²) in [5.41, 5.74) is 1.21. The second kappa shape index (κ2) is 7.31. The minimum atomic E-state index is -1.07. The summed E-state index contributed by atoms with van der Waals surface area (Å²) < 4.78 is 10.4. The number of rotatable bonds is 6. The molecule has 0 aliphatic carbocycles. The van der Waals surface area contributed by atoms with Crippen molar-refractivity contribution in [3.63, 3.8) is 0 Å². The molecule has 2 N–H and O–H groups in total. The van der Waals surface area contributed by atoms with E-state index in [9.17, 15) is 9.59 Å². The number of benzene rings is 2. The highest BCUT2D eigenvalue weighted by atomic mass is 16.5. The number of amides is 1. The van der Waals surface area contributed by atoms with Gasteiger partial charge >= 0.3 is 5.97 Å². The molecule has 0 saturated heterocycles. The van der Waals surface area contributed by atoms with Gasteiger partial charge in [-0.25, -0.2) is 4.79 Å². The maximum absolute atomic E-state index is 12.1. The molecule has 0 saturated carbocycles. The quantitative estimate of drug-likeness (QED) is 0.854. The summed E-state index contributed by atoms with van der Waals surface area (Å²) in [6, 6.07) is 11.2. The van der Waals surface area contributed by atoms with Crippen molar-refractivity contribution in [1.29, 1.82) is 0 Å². The Labute approximate surface area is 133 Å². The zero-order chi connectivity index (χ0) is 16.8. The van der Waals surface area contributed by atoms with E-state index in [4.69, 9.17) is 14.6 Å². The monoisotopic (exact) mass is 315 g/mol. The molecule has 2 aromatic rings. The molecule has 23 heavy (non-hydrogen) atoms. The summed E-state index contributed by atoms with van der Waals surface area (Å²) in [4.78, 5) is 23.0. The van der Waals surface area contributed by atoms with Gasteiger partial charge in [-0.15, -0.1) is 0 Å². The van der Waals surface area contributed by atoms with E-state index in [1.165, 1.54) is 25.3 Å². The molecule has 0 aromatic heterocycles. The van der Waals surface area contributed by atoms with Crippen molar-refractivity contribution in [1.82, 2.24) is 5.32 Å². The van der Waals surface area contributed by atoms with E-state index in [-0.39, 0.29) is 18.0 Å². The first-order valence-electron chi connectivity index (χ1n) is 6.87. The smallest absolute Gasteiger partial charge is 0.335 e. The van der Waals surface area contributed by atoms with Crippen LogP contribution in [0, 0.1) is 0 Å². The summed E-state index contributed by atoms with van der Waals surface area (Å²) in [6.07, 6.45) is 0. The summed E-state index contributed by atoms with van der Waals surface area (Å²) >= 11 is 0. The summed E-state index contributed by atoms with van der Waals surface area (Å²) in [5.74, 6) is -0.230. The number of carboxylic acid groups (broad SMARTS) is 1. The molecule has 2 aromatic carbocycles. The van der Waals surface area contributed by atoms with Crippen molar-refractivity contribution in [3.05, 3.63) is 59.2 Å². The number of carbonyl (C=O) groups excluding carboxylic acids is 1. The van der Waals surface area contributed by atoms with Crippen molar-refractivity contribution in [2.24, 2.45) is 0 Å². The van der Waals surface area contributed by atoms with Crippen LogP contribution in [-0.4, -0.2) is 31.2 Å². The molecule has 2 rings (SSSR count). The van der Waals surface area contributed by atoms with Crippen LogP contribution in [0.3, 0.4) is 0 Å². The molecule has 0 bridgehead atoms. The van der Waals surface area contributed by atoms with Crippen LogP contribution in [0.4, 0.5) is 0 Å². The number of methoxy groups -OCH3 is 2. The van der Waals surface area contributed by atoms with Gasteiger partial charge in [0.2, 0.25) is 0 Å². The minimum absolute atomic E-state index is 0.0729. The Balaban J connectivity index is 2.07. The van der Waals surface area contributed by atoms with Gasteiger partial charge in [0.1, 0.15) is 0 Å². The summed E-state index contributed by atoms with van der Waals surface area (Å²) in [5, 5.41) is 11.7. The zero-order valence-electron chi connectivity index (χ0n) is 12.8. The average Bonchev–Trinajstić information content (AvgIpc) is 2.59. The molecule has 6 heteroatoms. The molecule has 0 aliphatic heterocycles. The Bertz CT molecular complexity index is 727. The van der Waals surface area contributed by atoms with Gasteiger partial charge in [0.05, 0.1) is 19.8 Å². The molecule has 120 valence electrons. The number of hydrogen-bond donors (Lipinski definition) is 2. The lowest BCUT2D eigenvalue weighted by Crippen LogP contribution is -2.23. The van der Waals surface area contributed by atoms with Crippen LogP contribution in [-0.2, 0) is 6.54 Å². The van der Waals surface area contributed by atoms with Crippen molar-refractivity contribution < 1.29 is 24.2 Å². The topological polar surface area (TPSA) is 84.9 Å². The number of aromatic carboxylic acids is 1. The third-order valence-corrected chi connectivity index (χ3v) is 3.27. The number of carboxylic acids is 1. The van der Waals surface area contributed by atoms with Gasteiger partial charge in [-0.2, -0.15) is 0 Å². The predicted molar refractivity (Wildman–Crippen MR) is 84.1 cm³/mol. The molecule has 0 heterocycles. The van der Waals surface area contributed by atoms with Gasteiger partial charge in [-0.1, -0.05) is 12.1 Å². The van der Waals surface area contributed by atoms with Crippen molar-refractivity contribution in [3.8, 4) is 11.5 Å². The van der Waals surface area contributed by atoms with E-state index in [1.807, 2.05) is 6.07 Å². The van der Waals surface area contributed by atoms with Gasteiger partial charge < -0.3 is 19.9 Å². The van der Waals surface area contributed by atoms with Crippen LogP contribution < -0.4 is 14.8 Å². The van der Waals surface area contributed by atoms with Crippen LogP contribution in [0.1, 0.15) is 26.3 Å². The minimum Gasteiger partial charge on any atom is -0.493 e. The molecule has 0 radical (unpaired) electrons. The molecular formula is C17H17NO5. The Hall–Kier alpha value is -3.02. The average molecular weight is 315 g/mol. The molecule has 6 nitrogen and oxygen atoms in total. The first-order chi connectivity index (χ1) is 11.0. The third-order valence-electron chi connectivity index (χ3n) is 3.27. The van der Waals surface area contributed by atoms with E-state index >= 15 is 0 Å². The SMILES string of the molecule is COc1ccc(CNC(=O)c2cccc(C(=O)O)c2)cc1OC. The highest BCUT2D eigenvalue weighted by molar-refractivity contribution is 5.97. The van der Waals surface area contributed by atoms with Crippen molar-refractivity contribution in [2.45, 2.75) is 6.54 Å². The van der Waals surface area contributed by atoms with Crippen LogP contribution >= 0.6 is 0 Å². The molecule has 0 aliphatic rings. The number of hydrogen-bond acceptors (Lipinski definition) is 4. The standard InChI is InChI=1S/C17H17NO5/c1-22-14-7-6-11(8-15(14)23-2)10-18-16(19)12-4-3-5-13(9-12)17(20)21/h3-9H,10H2,1-2H3,(H,18,19)(H,20,21). The van der Waals surface area contributed by atoms with E-state index < -0.39 is 5.97 Å². The van der Waals surface area contributed by atoms with Crippen LogP contribution in [0.5, 0.6) is 11.5 Å². The Morgan fingerprint density at radius 1 is 1.00 bits per heavy atom. The predicted octanol–water partition coefficient (Wildman–Crippen LogP) is 2.33. The van der Waals surface area contributed by atoms with Gasteiger partial charge in [0.25, 0.3) is 5.91 Å². The molecule has 1 amide bonds. The van der Waals surface area contributed by atoms with E-state index in [1.54, 1.807) is 25.3 Å². The second-order valence-corrected chi connectivity index (χ2v) is 4.76. The fourth-order valence-electron chi connectivity index (χ4n) is 2.07. The summed E-state index contributed by atoms with van der Waals surface area (Å²) in [7, 11) is 3.09. The first-order valence-corrected chi connectivity index (χ1v) is 6.87. The fourth-order valence-corrected chi connectivity index (χ4v) is 2.07. The Kier molecular flexibility index (Phi) is 5.19. The van der Waals surface area contributed by atoms with Crippen LogP contribution in [0.25, 0.3) is 0 Å². The highest BCUT2D eigenvalue weighted by Crippen LogP contribution is 2.27. The van der Waals surface area contributed by atoms with Crippen molar-refractivity contribution in [2.75, 3.05) is 14.2 Å². The zero-order valence-corrected chi connectivity index (χ0v) is 12.8. The molecule has 0 atom stereocenters. The maximum Gasteiger partial charge on any atom is 0.335 e. The molecule has 0 spiro atoms. The van der Waals surface area contributed by atoms with Gasteiger partial charge in [-0.3, -0.25) is 4.79 Å². The maximum atomic E-state index is 12.1. The van der Waals surface area contributed by atoms with E-state index in [0.717, 1.165) is 5.56 Å². The Morgan fingerprint density at radius 2 is 1.70 bits per heavy atom. The van der Waals surface area contributed by atoms with Crippen LogP contribution in [0.2, 0.25) is 0 Å². The lowest BCUT2D eigenvalue weighted by Gasteiger charge is -2.10. The first kappa shape index (κ1) is 16.4. The number of ether oxygens (including phenoxy) is 2. The molecule has 0 fully saturated rings. The van der Waals surface area contributed by atoms with E-state index in [0.29, 0.717) is 17.1 Å². The van der Waals surface area contributed by atoms with E-state index in [2.05, 4.69) is 5.32 Å².